The van der Waals surface area contributed by atoms with E-state index in [4.69, 9.17) is 14.6 Å². The number of ether oxygens (including phenoxy) is 2. The van der Waals surface area contributed by atoms with Crippen molar-refractivity contribution < 1.29 is 24.8 Å². The average Bonchev–Trinajstić information content (AvgIpc) is 2.89. The zero-order valence-electron chi connectivity index (χ0n) is 13.7. The molecule has 0 aliphatic carbocycles. The van der Waals surface area contributed by atoms with Gasteiger partial charge in [-0.3, -0.25) is 0 Å². The fraction of sp³-hybridized carbons (Fsp3) is 0.882. The van der Waals surface area contributed by atoms with Gasteiger partial charge in [-0.15, -0.1) is 0 Å². The fourth-order valence-corrected chi connectivity index (χ4v) is 2.54. The molecular weight excluding hydrogens is 284 g/mol. The van der Waals surface area contributed by atoms with Gasteiger partial charge in [0.15, 0.2) is 0 Å². The summed E-state index contributed by atoms with van der Waals surface area (Å²) in [4.78, 5) is 0. The highest BCUT2D eigenvalue weighted by Gasteiger charge is 2.40. The van der Waals surface area contributed by atoms with Crippen molar-refractivity contribution in [3.63, 3.8) is 0 Å². The molecule has 0 aromatic carbocycles. The summed E-state index contributed by atoms with van der Waals surface area (Å²) in [5.74, 6) is 0. The first-order chi connectivity index (χ1) is 10.7. The Morgan fingerprint density at radius 2 is 1.91 bits per heavy atom. The van der Waals surface area contributed by atoms with Crippen LogP contribution in [-0.2, 0) is 9.47 Å². The molecule has 1 saturated heterocycles. The Balaban J connectivity index is 2.00. The third-order valence-corrected chi connectivity index (χ3v) is 3.97. The first-order valence-electron chi connectivity index (χ1n) is 8.55. The number of aliphatic hydroxyl groups is 3. The number of allylic oxidation sites excluding steroid dienone is 2. The Hall–Kier alpha value is -0.460. The lowest BCUT2D eigenvalue weighted by atomic mass is 10.1. The molecule has 4 atom stereocenters. The smallest absolute Gasteiger partial charge is 0.114 e. The number of hydrogen-bond acceptors (Lipinski definition) is 5. The maximum absolute atomic E-state index is 9.96. The molecule has 0 radical (unpaired) electrons. The van der Waals surface area contributed by atoms with E-state index in [1.807, 2.05) is 0 Å². The van der Waals surface area contributed by atoms with Crippen LogP contribution in [0.4, 0.5) is 0 Å². The van der Waals surface area contributed by atoms with Crippen LogP contribution in [0.25, 0.3) is 0 Å². The SMILES string of the molecule is CCCC/C=C/CCCCCO[C@H]1CO[C@@H]([C@H](O)CO)[C@H]1O. The predicted molar refractivity (Wildman–Crippen MR) is 85.7 cm³/mol. The van der Waals surface area contributed by atoms with Crippen molar-refractivity contribution in [1.82, 2.24) is 0 Å². The van der Waals surface area contributed by atoms with E-state index in [1.54, 1.807) is 0 Å². The van der Waals surface area contributed by atoms with Gasteiger partial charge in [0.25, 0.3) is 0 Å². The Labute approximate surface area is 133 Å². The van der Waals surface area contributed by atoms with Crippen LogP contribution in [-0.4, -0.2) is 59.6 Å². The van der Waals surface area contributed by atoms with Gasteiger partial charge in [0.1, 0.15) is 24.4 Å². The van der Waals surface area contributed by atoms with E-state index in [0.717, 1.165) is 25.7 Å². The van der Waals surface area contributed by atoms with E-state index in [-0.39, 0.29) is 6.61 Å². The Morgan fingerprint density at radius 1 is 1.18 bits per heavy atom. The second-order valence-corrected chi connectivity index (χ2v) is 5.91. The molecule has 0 bridgehead atoms. The molecule has 1 aliphatic rings. The molecular formula is C17H32O5. The van der Waals surface area contributed by atoms with Crippen LogP contribution in [0, 0.1) is 0 Å². The van der Waals surface area contributed by atoms with Crippen molar-refractivity contribution in [1.29, 1.82) is 0 Å². The van der Waals surface area contributed by atoms with Crippen LogP contribution in [0.5, 0.6) is 0 Å². The summed E-state index contributed by atoms with van der Waals surface area (Å²) in [6.07, 6.45) is 9.46. The molecule has 5 heteroatoms. The molecule has 22 heavy (non-hydrogen) atoms. The maximum atomic E-state index is 9.96. The number of hydrogen-bond donors (Lipinski definition) is 3. The lowest BCUT2D eigenvalue weighted by molar-refractivity contribution is -0.0730. The van der Waals surface area contributed by atoms with Crippen LogP contribution < -0.4 is 0 Å². The average molecular weight is 316 g/mol. The van der Waals surface area contributed by atoms with Gasteiger partial charge in [0.05, 0.1) is 13.2 Å². The van der Waals surface area contributed by atoms with Crippen molar-refractivity contribution in [2.45, 2.75) is 76.3 Å². The third kappa shape index (κ3) is 7.20. The maximum Gasteiger partial charge on any atom is 0.114 e. The molecule has 130 valence electrons. The second kappa shape index (κ2) is 12.0. The highest BCUT2D eigenvalue weighted by atomic mass is 16.6. The first kappa shape index (κ1) is 19.6. The molecule has 0 unspecified atom stereocenters. The Morgan fingerprint density at radius 3 is 2.59 bits per heavy atom. The highest BCUT2D eigenvalue weighted by Crippen LogP contribution is 2.20. The van der Waals surface area contributed by atoms with E-state index in [0.29, 0.717) is 6.61 Å². The zero-order valence-corrected chi connectivity index (χ0v) is 13.7. The second-order valence-electron chi connectivity index (χ2n) is 5.91. The monoisotopic (exact) mass is 316 g/mol. The van der Waals surface area contributed by atoms with E-state index < -0.39 is 31.0 Å². The summed E-state index contributed by atoms with van der Waals surface area (Å²) in [5.41, 5.74) is 0. The van der Waals surface area contributed by atoms with E-state index in [2.05, 4.69) is 19.1 Å². The van der Waals surface area contributed by atoms with Crippen LogP contribution >= 0.6 is 0 Å². The summed E-state index contributed by atoms with van der Waals surface area (Å²) < 4.78 is 10.9. The van der Waals surface area contributed by atoms with Crippen molar-refractivity contribution in [2.75, 3.05) is 19.8 Å². The summed E-state index contributed by atoms with van der Waals surface area (Å²) in [6, 6.07) is 0. The fourth-order valence-electron chi connectivity index (χ4n) is 2.54. The summed E-state index contributed by atoms with van der Waals surface area (Å²) >= 11 is 0. The highest BCUT2D eigenvalue weighted by molar-refractivity contribution is 4.88. The minimum absolute atomic E-state index is 0.267. The molecule has 1 fully saturated rings. The molecule has 5 nitrogen and oxygen atoms in total. The van der Waals surface area contributed by atoms with Crippen molar-refractivity contribution >= 4 is 0 Å². The predicted octanol–water partition coefficient (Wildman–Crippen LogP) is 1.79. The third-order valence-electron chi connectivity index (χ3n) is 3.97. The van der Waals surface area contributed by atoms with Crippen molar-refractivity contribution in [2.24, 2.45) is 0 Å². The summed E-state index contributed by atoms with van der Waals surface area (Å²) in [6.45, 7) is 2.64. The van der Waals surface area contributed by atoms with Gasteiger partial charge in [-0.25, -0.2) is 0 Å². The summed E-state index contributed by atoms with van der Waals surface area (Å²) in [7, 11) is 0. The van der Waals surface area contributed by atoms with Crippen molar-refractivity contribution in [3.05, 3.63) is 12.2 Å². The van der Waals surface area contributed by atoms with E-state index >= 15 is 0 Å². The topological polar surface area (TPSA) is 79.2 Å². The molecule has 3 N–H and O–H groups in total. The number of aliphatic hydroxyl groups excluding tert-OH is 3. The van der Waals surface area contributed by atoms with Gasteiger partial charge < -0.3 is 24.8 Å². The number of rotatable bonds is 12. The van der Waals surface area contributed by atoms with E-state index in [1.165, 1.54) is 19.3 Å². The van der Waals surface area contributed by atoms with Gasteiger partial charge in [-0.1, -0.05) is 38.3 Å². The first-order valence-corrected chi connectivity index (χ1v) is 8.55. The van der Waals surface area contributed by atoms with Gasteiger partial charge in [0, 0.05) is 6.61 Å². The van der Waals surface area contributed by atoms with Gasteiger partial charge in [-0.05, 0) is 25.7 Å². The molecule has 0 saturated carbocycles. The van der Waals surface area contributed by atoms with Crippen LogP contribution in [0.3, 0.4) is 0 Å². The van der Waals surface area contributed by atoms with Crippen molar-refractivity contribution in [3.8, 4) is 0 Å². The minimum Gasteiger partial charge on any atom is -0.394 e. The normalized spacial score (nSPS) is 26.8. The van der Waals surface area contributed by atoms with Gasteiger partial charge in [-0.2, -0.15) is 0 Å². The largest absolute Gasteiger partial charge is 0.394 e. The quantitative estimate of drug-likeness (QED) is 0.378. The van der Waals surface area contributed by atoms with E-state index in [9.17, 15) is 10.2 Å². The molecule has 1 heterocycles. The van der Waals surface area contributed by atoms with Gasteiger partial charge >= 0.3 is 0 Å². The van der Waals surface area contributed by atoms with Crippen LogP contribution in [0.1, 0.15) is 51.9 Å². The molecule has 0 aromatic rings. The zero-order chi connectivity index (χ0) is 16.2. The van der Waals surface area contributed by atoms with Gasteiger partial charge in [0.2, 0.25) is 0 Å². The summed E-state index contributed by atoms with van der Waals surface area (Å²) in [5, 5.41) is 28.3. The molecule has 0 spiro atoms. The molecule has 0 amide bonds. The molecule has 1 aliphatic heterocycles. The van der Waals surface area contributed by atoms with Crippen LogP contribution in [0.2, 0.25) is 0 Å². The van der Waals surface area contributed by atoms with Crippen LogP contribution in [0.15, 0.2) is 12.2 Å². The molecule has 0 aromatic heterocycles. The minimum atomic E-state index is -1.05. The molecule has 1 rings (SSSR count). The standard InChI is InChI=1S/C17H32O5/c1-2-3-4-5-6-7-8-9-10-11-21-15-13-22-17(16(15)20)14(19)12-18/h5-6,14-20H,2-4,7-13H2,1H3/b6-5+/t14-,15+,16+,17+/m1/s1. The lowest BCUT2D eigenvalue weighted by Gasteiger charge is -2.20. The Kier molecular flexibility index (Phi) is 10.7. The lowest BCUT2D eigenvalue weighted by Crippen LogP contribution is -2.41. The number of unbranched alkanes of at least 4 members (excludes halogenated alkanes) is 5. The Bertz CT molecular complexity index is 295.